The Hall–Kier alpha value is -1.64. The fourth-order valence-corrected chi connectivity index (χ4v) is 4.42. The second-order valence-electron chi connectivity index (χ2n) is 6.07. The first-order chi connectivity index (χ1) is 11.2. The van der Waals surface area contributed by atoms with Crippen molar-refractivity contribution >= 4 is 28.9 Å². The molecule has 1 heterocycles. The van der Waals surface area contributed by atoms with Crippen LogP contribution in [0.25, 0.3) is 0 Å². The summed E-state index contributed by atoms with van der Waals surface area (Å²) in [6, 6.07) is 12.2. The molecule has 3 atom stereocenters. The van der Waals surface area contributed by atoms with Crippen molar-refractivity contribution in [3.8, 4) is 5.75 Å². The molecule has 4 heteroatoms. The SMILES string of the molecule is COc1ccccc1[C@H]1Nc2c(Cl)cc(Cl)cc2[C@H]2C=CC[C@H]21. The summed E-state index contributed by atoms with van der Waals surface area (Å²) in [5.74, 6) is 1.68. The average molecular weight is 346 g/mol. The van der Waals surface area contributed by atoms with E-state index in [4.69, 9.17) is 27.9 Å². The highest BCUT2D eigenvalue weighted by molar-refractivity contribution is 6.36. The number of halogens is 2. The molecule has 4 rings (SSSR count). The van der Waals surface area contributed by atoms with Crippen molar-refractivity contribution in [2.24, 2.45) is 5.92 Å². The van der Waals surface area contributed by atoms with Gasteiger partial charge in [-0.3, -0.25) is 0 Å². The first-order valence-electron chi connectivity index (χ1n) is 7.74. The predicted molar refractivity (Wildman–Crippen MR) is 95.8 cm³/mol. The molecule has 1 aliphatic heterocycles. The van der Waals surface area contributed by atoms with E-state index in [1.807, 2.05) is 18.2 Å². The van der Waals surface area contributed by atoms with E-state index < -0.39 is 0 Å². The number of ether oxygens (including phenoxy) is 1. The Morgan fingerprint density at radius 3 is 2.78 bits per heavy atom. The van der Waals surface area contributed by atoms with Gasteiger partial charge in [0.15, 0.2) is 0 Å². The molecule has 0 spiro atoms. The number of methoxy groups -OCH3 is 1. The third-order valence-corrected chi connectivity index (χ3v) is 5.38. The molecular formula is C19H17Cl2NO. The lowest BCUT2D eigenvalue weighted by atomic mass is 9.77. The Morgan fingerprint density at radius 1 is 1.13 bits per heavy atom. The van der Waals surface area contributed by atoms with E-state index in [0.717, 1.165) is 17.9 Å². The van der Waals surface area contributed by atoms with E-state index in [1.165, 1.54) is 11.1 Å². The fraction of sp³-hybridized carbons (Fsp3) is 0.263. The van der Waals surface area contributed by atoms with Crippen molar-refractivity contribution in [2.45, 2.75) is 18.4 Å². The fourth-order valence-electron chi connectivity index (χ4n) is 3.85. The average Bonchev–Trinajstić information content (AvgIpc) is 3.04. The largest absolute Gasteiger partial charge is 0.496 e. The van der Waals surface area contributed by atoms with Crippen LogP contribution >= 0.6 is 23.2 Å². The number of hydrogen-bond acceptors (Lipinski definition) is 2. The van der Waals surface area contributed by atoms with Crippen LogP contribution in [-0.4, -0.2) is 7.11 Å². The third-order valence-electron chi connectivity index (χ3n) is 4.86. The summed E-state index contributed by atoms with van der Waals surface area (Å²) < 4.78 is 5.57. The van der Waals surface area contributed by atoms with Gasteiger partial charge in [-0.05, 0) is 36.1 Å². The molecule has 0 aromatic heterocycles. The molecule has 23 heavy (non-hydrogen) atoms. The van der Waals surface area contributed by atoms with Gasteiger partial charge in [-0.1, -0.05) is 53.6 Å². The highest BCUT2D eigenvalue weighted by Crippen LogP contribution is 2.53. The van der Waals surface area contributed by atoms with Crippen molar-refractivity contribution in [3.63, 3.8) is 0 Å². The zero-order valence-electron chi connectivity index (χ0n) is 12.7. The zero-order valence-corrected chi connectivity index (χ0v) is 14.2. The predicted octanol–water partition coefficient (Wildman–Crippen LogP) is 5.83. The summed E-state index contributed by atoms with van der Waals surface area (Å²) in [5.41, 5.74) is 3.34. The van der Waals surface area contributed by atoms with Crippen LogP contribution < -0.4 is 10.1 Å². The van der Waals surface area contributed by atoms with Crippen LogP contribution in [0.2, 0.25) is 10.0 Å². The molecule has 0 saturated heterocycles. The van der Waals surface area contributed by atoms with Crippen LogP contribution in [0.4, 0.5) is 5.69 Å². The highest BCUT2D eigenvalue weighted by Gasteiger charge is 2.39. The maximum atomic E-state index is 6.46. The van der Waals surface area contributed by atoms with E-state index in [-0.39, 0.29) is 6.04 Å². The second kappa shape index (κ2) is 5.77. The van der Waals surface area contributed by atoms with Crippen LogP contribution in [0.5, 0.6) is 5.75 Å². The van der Waals surface area contributed by atoms with Crippen LogP contribution in [-0.2, 0) is 0 Å². The van der Waals surface area contributed by atoms with Crippen LogP contribution in [0.1, 0.15) is 29.5 Å². The highest BCUT2D eigenvalue weighted by atomic mass is 35.5. The van der Waals surface area contributed by atoms with E-state index >= 15 is 0 Å². The van der Waals surface area contributed by atoms with Gasteiger partial charge in [0.1, 0.15) is 5.75 Å². The molecule has 2 aliphatic rings. The standard InChI is InChI=1S/C19H17Cl2NO/c1-23-17-8-3-2-5-14(17)18-13-7-4-6-12(13)15-9-11(20)10-16(21)19(15)22-18/h2-6,8-10,12-13,18,22H,7H2,1H3/t12-,13+,18-/m0/s1. The van der Waals surface area contributed by atoms with Crippen LogP contribution in [0.15, 0.2) is 48.6 Å². The lowest BCUT2D eigenvalue weighted by Gasteiger charge is -2.38. The Labute approximate surface area is 146 Å². The lowest BCUT2D eigenvalue weighted by Crippen LogP contribution is -2.29. The summed E-state index contributed by atoms with van der Waals surface area (Å²) in [4.78, 5) is 0. The number of allylic oxidation sites excluding steroid dienone is 2. The van der Waals surface area contributed by atoms with Crippen LogP contribution in [0.3, 0.4) is 0 Å². The second-order valence-corrected chi connectivity index (χ2v) is 6.91. The molecule has 1 N–H and O–H groups in total. The molecule has 0 saturated carbocycles. The Kier molecular flexibility index (Phi) is 3.74. The zero-order chi connectivity index (χ0) is 16.0. The van der Waals surface area contributed by atoms with Gasteiger partial charge in [0.05, 0.1) is 23.9 Å². The topological polar surface area (TPSA) is 21.3 Å². The number of nitrogens with one attached hydrogen (secondary N) is 1. The number of anilines is 1. The Morgan fingerprint density at radius 2 is 1.96 bits per heavy atom. The van der Waals surface area contributed by atoms with E-state index in [1.54, 1.807) is 13.2 Å². The van der Waals surface area contributed by atoms with Gasteiger partial charge >= 0.3 is 0 Å². The van der Waals surface area contributed by atoms with Gasteiger partial charge in [-0.2, -0.15) is 0 Å². The minimum atomic E-state index is 0.164. The summed E-state index contributed by atoms with van der Waals surface area (Å²) in [5, 5.41) is 5.00. The summed E-state index contributed by atoms with van der Waals surface area (Å²) >= 11 is 12.7. The number of fused-ring (bicyclic) bond motifs is 3. The molecule has 0 fully saturated rings. The molecule has 0 amide bonds. The van der Waals surface area contributed by atoms with Crippen molar-refractivity contribution in [1.82, 2.24) is 0 Å². The van der Waals surface area contributed by atoms with Gasteiger partial charge in [0.2, 0.25) is 0 Å². The van der Waals surface area contributed by atoms with Gasteiger partial charge in [-0.25, -0.2) is 0 Å². The van der Waals surface area contributed by atoms with Crippen molar-refractivity contribution in [1.29, 1.82) is 0 Å². The van der Waals surface area contributed by atoms with Gasteiger partial charge in [0.25, 0.3) is 0 Å². The number of hydrogen-bond donors (Lipinski definition) is 1. The van der Waals surface area contributed by atoms with Gasteiger partial charge < -0.3 is 10.1 Å². The van der Waals surface area contributed by atoms with Gasteiger partial charge in [-0.15, -0.1) is 0 Å². The molecule has 0 bridgehead atoms. The minimum absolute atomic E-state index is 0.164. The maximum Gasteiger partial charge on any atom is 0.124 e. The van der Waals surface area contributed by atoms with Crippen molar-refractivity contribution in [3.05, 3.63) is 69.7 Å². The normalized spacial score (nSPS) is 24.7. The minimum Gasteiger partial charge on any atom is -0.496 e. The van der Waals surface area contributed by atoms with Gasteiger partial charge in [0, 0.05) is 16.5 Å². The number of para-hydroxylation sites is 1. The number of benzene rings is 2. The molecule has 1 aliphatic carbocycles. The molecule has 2 nitrogen and oxygen atoms in total. The molecule has 0 radical (unpaired) electrons. The number of rotatable bonds is 2. The lowest BCUT2D eigenvalue weighted by molar-refractivity contribution is 0.381. The Bertz CT molecular complexity index is 787. The molecule has 118 valence electrons. The Balaban J connectivity index is 1.85. The quantitative estimate of drug-likeness (QED) is 0.691. The summed E-state index contributed by atoms with van der Waals surface area (Å²) in [7, 11) is 1.72. The van der Waals surface area contributed by atoms with E-state index in [0.29, 0.717) is 21.9 Å². The molecular weight excluding hydrogens is 329 g/mol. The summed E-state index contributed by atoms with van der Waals surface area (Å²) in [6.45, 7) is 0. The smallest absolute Gasteiger partial charge is 0.124 e. The first-order valence-corrected chi connectivity index (χ1v) is 8.49. The van der Waals surface area contributed by atoms with Crippen molar-refractivity contribution in [2.75, 3.05) is 12.4 Å². The van der Waals surface area contributed by atoms with Crippen molar-refractivity contribution < 1.29 is 4.74 Å². The summed E-state index contributed by atoms with van der Waals surface area (Å²) in [6.07, 6.45) is 5.56. The molecule has 0 unspecified atom stereocenters. The first kappa shape index (κ1) is 14.9. The third kappa shape index (κ3) is 2.41. The van der Waals surface area contributed by atoms with Crippen LogP contribution in [0, 0.1) is 5.92 Å². The monoisotopic (exact) mass is 345 g/mol. The maximum absolute atomic E-state index is 6.46. The van der Waals surface area contributed by atoms with E-state index in [2.05, 4.69) is 29.6 Å². The van der Waals surface area contributed by atoms with E-state index in [9.17, 15) is 0 Å². The molecule has 2 aromatic rings. The molecule has 2 aromatic carbocycles.